The van der Waals surface area contributed by atoms with Crippen molar-refractivity contribution in [1.82, 2.24) is 9.97 Å². The van der Waals surface area contributed by atoms with Gasteiger partial charge in [0.25, 0.3) is 0 Å². The van der Waals surface area contributed by atoms with E-state index in [1.807, 2.05) is 0 Å². The van der Waals surface area contributed by atoms with Gasteiger partial charge in [-0.05, 0) is 60.2 Å². The zero-order valence-corrected chi connectivity index (χ0v) is 20.6. The molecular formula is C29H21F7N2O. The van der Waals surface area contributed by atoms with Crippen LogP contribution in [-0.4, -0.2) is 16.8 Å². The van der Waals surface area contributed by atoms with Crippen LogP contribution in [0.2, 0.25) is 0 Å². The van der Waals surface area contributed by atoms with Gasteiger partial charge < -0.3 is 4.74 Å². The topological polar surface area (TPSA) is 35.0 Å². The van der Waals surface area contributed by atoms with Gasteiger partial charge >= 0.3 is 0 Å². The summed E-state index contributed by atoms with van der Waals surface area (Å²) in [5.74, 6) is -6.51. The molecule has 39 heavy (non-hydrogen) atoms. The van der Waals surface area contributed by atoms with E-state index in [1.165, 1.54) is 43.6 Å². The lowest BCUT2D eigenvalue weighted by atomic mass is 9.98. The molecule has 0 radical (unpaired) electrons. The van der Waals surface area contributed by atoms with E-state index in [0.717, 1.165) is 24.3 Å². The molecule has 0 bridgehead atoms. The summed E-state index contributed by atoms with van der Waals surface area (Å²) in [5.41, 5.74) is 1.04. The fraction of sp³-hybridized carbons (Fsp3) is 0.172. The molecule has 1 heterocycles. The van der Waals surface area contributed by atoms with Crippen molar-refractivity contribution in [3.63, 3.8) is 0 Å². The normalized spacial score (nSPS) is 11.9. The fourth-order valence-corrected chi connectivity index (χ4v) is 3.91. The van der Waals surface area contributed by atoms with Crippen LogP contribution in [0.25, 0.3) is 28.3 Å². The molecule has 0 aliphatic carbocycles. The van der Waals surface area contributed by atoms with Gasteiger partial charge in [0.2, 0.25) is 6.86 Å². The van der Waals surface area contributed by atoms with Crippen LogP contribution >= 0.6 is 0 Å². The Labute approximate surface area is 219 Å². The minimum absolute atomic E-state index is 0.00210. The molecule has 0 amide bonds. The standard InChI is InChI=1S/C29H21F7N2O/c1-2-22(31)27(36)18-6-4-17(5-7-18)19-9-23(32)21(24(33)10-19)8-3-16-13-37-29(38-14-16)20-11-25(34)28(39-15-30)26(35)12-20/h4-7,9-14H,2-3,8,15H2,1H3/b27-22+. The van der Waals surface area contributed by atoms with Crippen LogP contribution in [0, 0.1) is 23.3 Å². The molecule has 3 aromatic carbocycles. The molecule has 1 aromatic heterocycles. The third-order valence-electron chi connectivity index (χ3n) is 5.99. The molecule has 0 aliphatic heterocycles. The van der Waals surface area contributed by atoms with Crippen molar-refractivity contribution in [3.8, 4) is 28.3 Å². The van der Waals surface area contributed by atoms with Gasteiger partial charge in [-0.25, -0.2) is 40.7 Å². The molecule has 4 aromatic rings. The van der Waals surface area contributed by atoms with E-state index in [4.69, 9.17) is 0 Å². The average Bonchev–Trinajstić information content (AvgIpc) is 2.94. The number of rotatable bonds is 9. The third kappa shape index (κ3) is 6.27. The molecule has 0 saturated heterocycles. The fourth-order valence-electron chi connectivity index (χ4n) is 3.91. The monoisotopic (exact) mass is 546 g/mol. The highest BCUT2D eigenvalue weighted by molar-refractivity contribution is 5.69. The van der Waals surface area contributed by atoms with Crippen molar-refractivity contribution in [2.24, 2.45) is 0 Å². The molecule has 3 nitrogen and oxygen atoms in total. The Balaban J connectivity index is 1.47. The van der Waals surface area contributed by atoms with Gasteiger partial charge in [0.15, 0.2) is 29.0 Å². The first-order valence-electron chi connectivity index (χ1n) is 11.8. The Morgan fingerprint density at radius 3 is 1.85 bits per heavy atom. The maximum atomic E-state index is 14.8. The Kier molecular flexibility index (Phi) is 8.63. The largest absolute Gasteiger partial charge is 0.457 e. The lowest BCUT2D eigenvalue weighted by Crippen LogP contribution is -2.02. The third-order valence-corrected chi connectivity index (χ3v) is 5.99. The van der Waals surface area contributed by atoms with E-state index >= 15 is 0 Å². The van der Waals surface area contributed by atoms with Crippen LogP contribution < -0.4 is 4.74 Å². The predicted molar refractivity (Wildman–Crippen MR) is 133 cm³/mol. The van der Waals surface area contributed by atoms with Crippen molar-refractivity contribution in [2.75, 3.05) is 6.86 Å². The summed E-state index contributed by atoms with van der Waals surface area (Å²) < 4.78 is 102. The van der Waals surface area contributed by atoms with Crippen molar-refractivity contribution >= 4 is 5.83 Å². The zero-order valence-electron chi connectivity index (χ0n) is 20.6. The van der Waals surface area contributed by atoms with Gasteiger partial charge in [-0.15, -0.1) is 0 Å². The lowest BCUT2D eigenvalue weighted by Gasteiger charge is -2.10. The van der Waals surface area contributed by atoms with Crippen LogP contribution in [0.15, 0.2) is 66.8 Å². The Morgan fingerprint density at radius 2 is 1.31 bits per heavy atom. The SMILES string of the molecule is CC/C(F)=C(\F)c1ccc(-c2cc(F)c(CCc3cnc(-c4cc(F)c(OCF)c(F)c4)nc3)c(F)c2)cc1. The number of aryl methyl sites for hydroxylation is 1. The van der Waals surface area contributed by atoms with Crippen LogP contribution in [0.4, 0.5) is 30.7 Å². The van der Waals surface area contributed by atoms with Crippen molar-refractivity contribution < 1.29 is 35.5 Å². The van der Waals surface area contributed by atoms with Crippen LogP contribution in [0.1, 0.15) is 30.0 Å². The minimum atomic E-state index is -1.39. The number of halogens is 7. The summed E-state index contributed by atoms with van der Waals surface area (Å²) in [6, 6.07) is 9.69. The zero-order chi connectivity index (χ0) is 28.1. The average molecular weight is 546 g/mol. The number of nitrogens with zero attached hydrogens (tertiary/aromatic N) is 2. The summed E-state index contributed by atoms with van der Waals surface area (Å²) >= 11 is 0. The number of benzene rings is 3. The molecule has 0 fully saturated rings. The number of aromatic nitrogens is 2. The molecule has 0 unspecified atom stereocenters. The van der Waals surface area contributed by atoms with E-state index in [1.54, 1.807) is 0 Å². The van der Waals surface area contributed by atoms with E-state index in [0.29, 0.717) is 11.1 Å². The maximum Gasteiger partial charge on any atom is 0.228 e. The van der Waals surface area contributed by atoms with Gasteiger partial charge in [-0.2, -0.15) is 0 Å². The van der Waals surface area contributed by atoms with Gasteiger partial charge in [0, 0.05) is 29.1 Å². The second-order valence-corrected chi connectivity index (χ2v) is 8.51. The minimum Gasteiger partial charge on any atom is -0.457 e. The molecule has 4 rings (SSSR count). The Morgan fingerprint density at radius 1 is 0.744 bits per heavy atom. The second kappa shape index (κ2) is 12.1. The molecule has 0 atom stereocenters. The summed E-state index contributed by atoms with van der Waals surface area (Å²) in [7, 11) is 0. The quantitative estimate of drug-likeness (QED) is 0.198. The molecular weight excluding hydrogens is 525 g/mol. The van der Waals surface area contributed by atoms with Gasteiger partial charge in [-0.1, -0.05) is 31.2 Å². The van der Waals surface area contributed by atoms with Gasteiger partial charge in [0.05, 0.1) is 0 Å². The lowest BCUT2D eigenvalue weighted by molar-refractivity contribution is 0.176. The first-order chi connectivity index (χ1) is 18.7. The van der Waals surface area contributed by atoms with Crippen molar-refractivity contribution in [1.29, 1.82) is 0 Å². The first-order valence-corrected chi connectivity index (χ1v) is 11.8. The summed E-state index contributed by atoms with van der Waals surface area (Å²) in [5, 5.41) is 0. The first kappa shape index (κ1) is 27.8. The Hall–Kier alpha value is -4.21. The number of allylic oxidation sites excluding steroid dienone is 1. The summed E-state index contributed by atoms with van der Waals surface area (Å²) in [6.07, 6.45) is 2.79. The maximum absolute atomic E-state index is 14.8. The van der Waals surface area contributed by atoms with E-state index in [-0.39, 0.29) is 47.3 Å². The van der Waals surface area contributed by atoms with Gasteiger partial charge in [-0.3, -0.25) is 0 Å². The molecule has 0 N–H and O–H groups in total. The van der Waals surface area contributed by atoms with E-state index in [2.05, 4.69) is 14.7 Å². The molecule has 0 saturated carbocycles. The van der Waals surface area contributed by atoms with Crippen LogP contribution in [0.5, 0.6) is 5.75 Å². The predicted octanol–water partition coefficient (Wildman–Crippen LogP) is 8.48. The van der Waals surface area contributed by atoms with E-state index < -0.39 is 47.5 Å². The Bertz CT molecular complexity index is 1460. The molecule has 10 heteroatoms. The molecule has 0 aliphatic rings. The smallest absolute Gasteiger partial charge is 0.228 e. The highest BCUT2D eigenvalue weighted by Gasteiger charge is 2.16. The van der Waals surface area contributed by atoms with Crippen LogP contribution in [0.3, 0.4) is 0 Å². The van der Waals surface area contributed by atoms with Gasteiger partial charge in [0.1, 0.15) is 17.5 Å². The number of hydrogen-bond donors (Lipinski definition) is 0. The van der Waals surface area contributed by atoms with Crippen molar-refractivity contribution in [2.45, 2.75) is 26.2 Å². The highest BCUT2D eigenvalue weighted by Crippen LogP contribution is 2.30. The van der Waals surface area contributed by atoms with Crippen molar-refractivity contribution in [3.05, 3.63) is 107 Å². The number of ether oxygens (including phenoxy) is 1. The summed E-state index contributed by atoms with van der Waals surface area (Å²) in [6.45, 7) is 0.0899. The number of hydrogen-bond acceptors (Lipinski definition) is 3. The summed E-state index contributed by atoms with van der Waals surface area (Å²) in [4.78, 5) is 8.11. The molecule has 202 valence electrons. The highest BCUT2D eigenvalue weighted by atomic mass is 19.2. The molecule has 0 spiro atoms. The van der Waals surface area contributed by atoms with E-state index in [9.17, 15) is 30.7 Å². The number of alkyl halides is 1. The second-order valence-electron chi connectivity index (χ2n) is 8.51. The van der Waals surface area contributed by atoms with Crippen LogP contribution in [-0.2, 0) is 12.8 Å².